The fourth-order valence-electron chi connectivity index (χ4n) is 5.64. The van der Waals surface area contributed by atoms with Gasteiger partial charge in [-0.1, -0.05) is 6.07 Å². The van der Waals surface area contributed by atoms with Crippen LogP contribution in [-0.4, -0.2) is 43.2 Å². The van der Waals surface area contributed by atoms with Crippen molar-refractivity contribution >= 4 is 5.78 Å². The number of piperidine rings is 1. The minimum absolute atomic E-state index is 0.0130. The van der Waals surface area contributed by atoms with E-state index in [1.807, 2.05) is 6.07 Å². The van der Waals surface area contributed by atoms with Gasteiger partial charge in [0.1, 0.15) is 0 Å². The average molecular weight is 318 g/mol. The van der Waals surface area contributed by atoms with E-state index in [1.54, 1.807) is 13.2 Å². The van der Waals surface area contributed by atoms with Gasteiger partial charge >= 0.3 is 0 Å². The number of rotatable bonds is 1. The highest BCUT2D eigenvalue weighted by Crippen LogP contribution is 2.63. The molecule has 1 aromatic rings. The van der Waals surface area contributed by atoms with E-state index in [1.165, 1.54) is 0 Å². The number of ketones is 1. The van der Waals surface area contributed by atoms with Crippen LogP contribution in [0.15, 0.2) is 12.1 Å². The topological polar surface area (TPSA) is 58.6 Å². The van der Waals surface area contributed by atoms with Crippen molar-refractivity contribution < 1.29 is 23.0 Å². The zero-order valence-electron chi connectivity index (χ0n) is 16.0. The Morgan fingerprint density at radius 3 is 3.17 bits per heavy atom. The Kier molecular flexibility index (Phi) is 1.96. The molecule has 0 amide bonds. The molecule has 5 nitrogen and oxygen atoms in total. The first-order valence-corrected chi connectivity index (χ1v) is 8.22. The fourth-order valence-corrected chi connectivity index (χ4v) is 5.64. The number of benzene rings is 1. The first-order chi connectivity index (χ1) is 12.2. The number of likely N-dealkylation sites (N-methyl/N-ethyl adjacent to an activating group) is 1. The van der Waals surface area contributed by atoms with Crippen LogP contribution in [0.5, 0.6) is 11.5 Å². The Bertz CT molecular complexity index is 825. The third-order valence-electron chi connectivity index (χ3n) is 6.54. The van der Waals surface area contributed by atoms with Crippen molar-refractivity contribution in [2.24, 2.45) is 5.92 Å². The lowest BCUT2D eigenvalue weighted by Gasteiger charge is -2.62. The molecule has 2 aliphatic carbocycles. The number of hydroxylamine groups is 3. The summed E-state index contributed by atoms with van der Waals surface area (Å²) in [5.41, 5.74) is 1.35. The lowest BCUT2D eigenvalue weighted by Crippen LogP contribution is -2.70. The van der Waals surface area contributed by atoms with E-state index in [-0.39, 0.29) is 18.2 Å². The highest BCUT2D eigenvalue weighted by atomic mass is 16.5. The van der Waals surface area contributed by atoms with E-state index in [2.05, 4.69) is 0 Å². The molecule has 1 aromatic carbocycles. The minimum Gasteiger partial charge on any atom is -0.633 e. The first kappa shape index (κ1) is 11.0. The van der Waals surface area contributed by atoms with E-state index >= 15 is 0 Å². The molecule has 1 saturated heterocycles. The zero-order valence-corrected chi connectivity index (χ0v) is 13.0. The molecule has 2 heterocycles. The molecule has 5 atom stereocenters. The van der Waals surface area contributed by atoms with Crippen LogP contribution in [0.25, 0.3) is 0 Å². The molecule has 4 aliphatic rings. The number of hydrogen-bond acceptors (Lipinski definition) is 4. The number of nitrogens with zero attached hydrogens (tertiary/aromatic N) is 1. The number of methoxy groups -OCH3 is 1. The van der Waals surface area contributed by atoms with Crippen molar-refractivity contribution in [2.75, 3.05) is 20.6 Å². The molecule has 23 heavy (non-hydrogen) atoms. The number of ether oxygens (including phenoxy) is 2. The van der Waals surface area contributed by atoms with E-state index in [4.69, 9.17) is 13.6 Å². The van der Waals surface area contributed by atoms with Crippen LogP contribution in [0, 0.1) is 11.1 Å². The molecule has 5 heteroatoms. The van der Waals surface area contributed by atoms with Gasteiger partial charge in [-0.15, -0.1) is 0 Å². The molecule has 122 valence electrons. The minimum atomic E-state index is -2.62. The normalized spacial score (nSPS) is 45.4. The number of hydrogen-bond donors (Lipinski definition) is 0. The molecule has 0 N–H and O–H groups in total. The Morgan fingerprint density at radius 1 is 1.52 bits per heavy atom. The molecule has 1 unspecified atom stereocenters. The molecular formula is C18H21NO4. The molecule has 2 bridgehead atoms. The van der Waals surface area contributed by atoms with Gasteiger partial charge in [0.15, 0.2) is 23.4 Å². The van der Waals surface area contributed by atoms with E-state index in [0.29, 0.717) is 37.2 Å². The molecule has 1 saturated carbocycles. The Balaban J connectivity index is 1.77. The van der Waals surface area contributed by atoms with Gasteiger partial charge in [-0.3, -0.25) is 4.79 Å². The second kappa shape index (κ2) is 4.08. The highest BCUT2D eigenvalue weighted by Gasteiger charge is 2.68. The number of likely N-dealkylation sites (tertiary alicyclic amines) is 1. The third-order valence-corrected chi connectivity index (χ3v) is 6.54. The van der Waals surface area contributed by atoms with Crippen molar-refractivity contribution in [3.63, 3.8) is 0 Å². The summed E-state index contributed by atoms with van der Waals surface area (Å²) in [7, 11) is 1.57. The van der Waals surface area contributed by atoms with Crippen LogP contribution in [0.4, 0.5) is 0 Å². The van der Waals surface area contributed by atoms with Gasteiger partial charge in [0.2, 0.25) is 0 Å². The molecule has 0 aromatic heterocycles. The van der Waals surface area contributed by atoms with Crippen molar-refractivity contribution in [3.8, 4) is 11.5 Å². The smallest absolute Gasteiger partial charge is 0.174 e. The lowest BCUT2D eigenvalue weighted by atomic mass is 9.51. The predicted octanol–water partition coefficient (Wildman–Crippen LogP) is 1.95. The van der Waals surface area contributed by atoms with Crippen LogP contribution in [-0.2, 0) is 16.6 Å². The van der Waals surface area contributed by atoms with E-state index < -0.39 is 29.2 Å². The SMILES string of the molecule is [2H]C([2H])([2H])[N+]1([O-])CC[C@]23c4c5ccc(OC)c4O[C@H]2C(=O)CC[C@H]3[C@H]1C5. The molecule has 5 rings (SSSR count). The van der Waals surface area contributed by atoms with Gasteiger partial charge < -0.3 is 19.3 Å². The van der Waals surface area contributed by atoms with Crippen molar-refractivity contribution in [2.45, 2.75) is 43.2 Å². The van der Waals surface area contributed by atoms with Crippen LogP contribution in [0.3, 0.4) is 0 Å². The summed E-state index contributed by atoms with van der Waals surface area (Å²) in [6.45, 7) is -2.63. The third kappa shape index (κ3) is 1.44. The van der Waals surface area contributed by atoms with Crippen LogP contribution in [0.1, 0.15) is 34.5 Å². The van der Waals surface area contributed by atoms with Gasteiger partial charge in [-0.2, -0.15) is 0 Å². The maximum atomic E-state index is 13.5. The fraction of sp³-hybridized carbons (Fsp3) is 0.611. The summed E-state index contributed by atoms with van der Waals surface area (Å²) in [6.07, 6.45) is 1.03. The molecule has 0 radical (unpaired) electrons. The summed E-state index contributed by atoms with van der Waals surface area (Å²) in [5.74, 6) is 1.11. The predicted molar refractivity (Wildman–Crippen MR) is 83.3 cm³/mol. The van der Waals surface area contributed by atoms with Gasteiger partial charge in [-0.25, -0.2) is 0 Å². The van der Waals surface area contributed by atoms with Gasteiger partial charge in [0.25, 0.3) is 0 Å². The molecule has 1 spiro atoms. The molecule has 2 aliphatic heterocycles. The monoisotopic (exact) mass is 318 g/mol. The standard InChI is InChI=1S/C18H21NO4/c1-19(21)8-7-18-11-4-5-13(20)17(18)23-16-14(22-2)6-3-10(15(16)18)9-12(11)19/h3,6,11-12,17H,4-5,7-9H2,1-2H3/t11-,12+,17-,18-,19?/m0/s1/i1D3. The molecule has 2 fully saturated rings. The second-order valence-electron chi connectivity index (χ2n) is 7.32. The Morgan fingerprint density at radius 2 is 2.39 bits per heavy atom. The van der Waals surface area contributed by atoms with Crippen molar-refractivity contribution in [1.82, 2.24) is 0 Å². The van der Waals surface area contributed by atoms with E-state index in [0.717, 1.165) is 11.1 Å². The van der Waals surface area contributed by atoms with Crippen LogP contribution < -0.4 is 9.47 Å². The Hall–Kier alpha value is -1.59. The first-order valence-electron chi connectivity index (χ1n) is 9.72. The number of quaternary nitrogens is 1. The maximum absolute atomic E-state index is 13.5. The second-order valence-corrected chi connectivity index (χ2v) is 7.32. The quantitative estimate of drug-likeness (QED) is 0.586. The summed E-state index contributed by atoms with van der Waals surface area (Å²) in [6, 6.07) is 3.13. The van der Waals surface area contributed by atoms with Crippen LogP contribution in [0.2, 0.25) is 0 Å². The summed E-state index contributed by atoms with van der Waals surface area (Å²) < 4.78 is 34.1. The number of carbonyl (C=O) groups is 1. The number of carbonyl (C=O) groups excluding carboxylic acids is 1. The van der Waals surface area contributed by atoms with Crippen molar-refractivity contribution in [3.05, 3.63) is 28.5 Å². The zero-order chi connectivity index (χ0) is 18.5. The lowest BCUT2D eigenvalue weighted by molar-refractivity contribution is -0.899. The summed E-state index contributed by atoms with van der Waals surface area (Å²) in [4.78, 5) is 12.7. The maximum Gasteiger partial charge on any atom is 0.174 e. The van der Waals surface area contributed by atoms with E-state index in [9.17, 15) is 10.0 Å². The van der Waals surface area contributed by atoms with Gasteiger partial charge in [0.05, 0.1) is 36.2 Å². The summed E-state index contributed by atoms with van der Waals surface area (Å²) in [5, 5.41) is 13.5. The van der Waals surface area contributed by atoms with Gasteiger partial charge in [0, 0.05) is 30.7 Å². The largest absolute Gasteiger partial charge is 0.633 e. The van der Waals surface area contributed by atoms with Crippen LogP contribution >= 0.6 is 0 Å². The average Bonchev–Trinajstić information content (AvgIpc) is 2.94. The number of Topliss-reactive ketones (excluding diaryl/α,β-unsaturated/α-hetero) is 1. The highest BCUT2D eigenvalue weighted by molar-refractivity contribution is 5.89. The summed E-state index contributed by atoms with van der Waals surface area (Å²) >= 11 is 0. The molecular weight excluding hydrogens is 294 g/mol. The Labute approximate surface area is 139 Å². The van der Waals surface area contributed by atoms with Crippen molar-refractivity contribution in [1.29, 1.82) is 0 Å². The van der Waals surface area contributed by atoms with Gasteiger partial charge in [-0.05, 0) is 18.1 Å².